The van der Waals surface area contributed by atoms with Crippen LogP contribution in [0.1, 0.15) is 34.8 Å². The first-order chi connectivity index (χ1) is 12.6. The molecule has 138 valence electrons. The zero-order chi connectivity index (χ0) is 18.5. The molecule has 0 atom stereocenters. The Morgan fingerprint density at radius 1 is 1.23 bits per heavy atom. The number of nitrogens with one attached hydrogen (secondary N) is 1. The Balaban J connectivity index is 1.66. The first-order valence-electron chi connectivity index (χ1n) is 8.55. The lowest BCUT2D eigenvalue weighted by Crippen LogP contribution is -2.35. The molecular formula is C18H21N3O4S. The number of benzene rings is 1. The van der Waals surface area contributed by atoms with Gasteiger partial charge in [-0.1, -0.05) is 11.3 Å². The summed E-state index contributed by atoms with van der Waals surface area (Å²) in [6.07, 6.45) is 0.153. The van der Waals surface area contributed by atoms with Gasteiger partial charge < -0.3 is 14.4 Å². The molecule has 0 aliphatic carbocycles. The molecule has 1 aromatic carbocycles. The van der Waals surface area contributed by atoms with E-state index in [1.807, 2.05) is 6.92 Å². The number of aromatic nitrogens is 1. The molecule has 0 fully saturated rings. The van der Waals surface area contributed by atoms with Crippen LogP contribution in [0.25, 0.3) is 0 Å². The summed E-state index contributed by atoms with van der Waals surface area (Å²) in [7, 11) is 0. The van der Waals surface area contributed by atoms with Crippen LogP contribution < -0.4 is 10.1 Å². The third-order valence-corrected chi connectivity index (χ3v) is 4.91. The summed E-state index contributed by atoms with van der Waals surface area (Å²) >= 11 is 1.38. The van der Waals surface area contributed by atoms with Crippen LogP contribution in [-0.2, 0) is 17.7 Å². The van der Waals surface area contributed by atoms with Crippen LogP contribution in [-0.4, -0.2) is 41.6 Å². The Kier molecular flexibility index (Phi) is 5.72. The van der Waals surface area contributed by atoms with Crippen molar-refractivity contribution in [3.8, 4) is 5.75 Å². The van der Waals surface area contributed by atoms with Gasteiger partial charge in [-0.3, -0.25) is 10.1 Å². The molecule has 2 aromatic rings. The van der Waals surface area contributed by atoms with Crippen LogP contribution in [0.3, 0.4) is 0 Å². The average Bonchev–Trinajstić information content (AvgIpc) is 3.03. The van der Waals surface area contributed by atoms with Gasteiger partial charge in [-0.2, -0.15) is 0 Å². The second-order valence-corrected chi connectivity index (χ2v) is 6.75. The standard InChI is InChI=1S/C18H21N3O4S/c1-3-24-13-7-5-12(6-8-13)16(22)21-10-9-14-15(11-21)26-17(19-14)20-18(23)25-4-2/h5-8H,3-4,9-11H2,1-2H3,(H,19,20,23). The van der Waals surface area contributed by atoms with E-state index in [0.717, 1.165) is 16.3 Å². The molecule has 0 bridgehead atoms. The van der Waals surface area contributed by atoms with Crippen molar-refractivity contribution in [1.29, 1.82) is 0 Å². The van der Waals surface area contributed by atoms with E-state index in [2.05, 4.69) is 10.3 Å². The largest absolute Gasteiger partial charge is 0.494 e. The van der Waals surface area contributed by atoms with E-state index in [1.54, 1.807) is 36.1 Å². The molecule has 0 saturated heterocycles. The zero-order valence-corrected chi connectivity index (χ0v) is 15.6. The number of carbonyl (C=O) groups excluding carboxylic acids is 2. The maximum Gasteiger partial charge on any atom is 0.413 e. The molecule has 0 radical (unpaired) electrons. The Labute approximate surface area is 155 Å². The highest BCUT2D eigenvalue weighted by Crippen LogP contribution is 2.29. The van der Waals surface area contributed by atoms with Crippen molar-refractivity contribution in [2.75, 3.05) is 25.1 Å². The fraction of sp³-hybridized carbons (Fsp3) is 0.389. The Morgan fingerprint density at radius 2 is 2.00 bits per heavy atom. The van der Waals surface area contributed by atoms with Gasteiger partial charge in [-0.15, -0.1) is 0 Å². The third-order valence-electron chi connectivity index (χ3n) is 3.92. The van der Waals surface area contributed by atoms with Crippen LogP contribution in [0.2, 0.25) is 0 Å². The van der Waals surface area contributed by atoms with Crippen molar-refractivity contribution in [2.24, 2.45) is 0 Å². The minimum atomic E-state index is -0.513. The molecule has 8 heteroatoms. The fourth-order valence-electron chi connectivity index (χ4n) is 2.72. The predicted molar refractivity (Wildman–Crippen MR) is 98.8 cm³/mol. The fourth-order valence-corrected chi connectivity index (χ4v) is 3.73. The number of fused-ring (bicyclic) bond motifs is 1. The number of anilines is 1. The first-order valence-corrected chi connectivity index (χ1v) is 9.36. The zero-order valence-electron chi connectivity index (χ0n) is 14.8. The second-order valence-electron chi connectivity index (χ2n) is 5.67. The van der Waals surface area contributed by atoms with Gasteiger partial charge in [0.1, 0.15) is 5.75 Å². The summed E-state index contributed by atoms with van der Waals surface area (Å²) in [6.45, 7) is 5.66. The van der Waals surface area contributed by atoms with E-state index in [4.69, 9.17) is 9.47 Å². The number of thiazole rings is 1. The van der Waals surface area contributed by atoms with E-state index < -0.39 is 6.09 Å². The van der Waals surface area contributed by atoms with Gasteiger partial charge in [0, 0.05) is 23.4 Å². The summed E-state index contributed by atoms with van der Waals surface area (Å²) < 4.78 is 10.3. The number of amides is 2. The van der Waals surface area contributed by atoms with E-state index in [1.165, 1.54) is 11.3 Å². The van der Waals surface area contributed by atoms with Gasteiger partial charge in [0.15, 0.2) is 5.13 Å². The first kappa shape index (κ1) is 18.2. The minimum absolute atomic E-state index is 0.0213. The highest BCUT2D eigenvalue weighted by atomic mass is 32.1. The number of rotatable bonds is 5. The van der Waals surface area contributed by atoms with Gasteiger partial charge >= 0.3 is 6.09 Å². The lowest BCUT2D eigenvalue weighted by Gasteiger charge is -2.26. The molecule has 0 unspecified atom stereocenters. The smallest absolute Gasteiger partial charge is 0.413 e. The van der Waals surface area contributed by atoms with Crippen LogP contribution in [0.15, 0.2) is 24.3 Å². The molecule has 7 nitrogen and oxygen atoms in total. The van der Waals surface area contributed by atoms with Gasteiger partial charge in [0.05, 0.1) is 25.5 Å². The number of ether oxygens (including phenoxy) is 2. The topological polar surface area (TPSA) is 80.8 Å². The van der Waals surface area contributed by atoms with Gasteiger partial charge in [-0.05, 0) is 38.1 Å². The molecule has 26 heavy (non-hydrogen) atoms. The van der Waals surface area contributed by atoms with Crippen LogP contribution in [0.4, 0.5) is 9.93 Å². The SMILES string of the molecule is CCOC(=O)Nc1nc2c(s1)CN(C(=O)c1ccc(OCC)cc1)CC2. The van der Waals surface area contributed by atoms with Crippen LogP contribution in [0, 0.1) is 0 Å². The molecule has 1 aliphatic rings. The Hall–Kier alpha value is -2.61. The molecule has 1 aromatic heterocycles. The van der Waals surface area contributed by atoms with Crippen LogP contribution in [0.5, 0.6) is 5.75 Å². The second kappa shape index (κ2) is 8.18. The Morgan fingerprint density at radius 3 is 2.69 bits per heavy atom. The van der Waals surface area contributed by atoms with E-state index in [9.17, 15) is 9.59 Å². The Bertz CT molecular complexity index is 788. The van der Waals surface area contributed by atoms with Crippen LogP contribution >= 0.6 is 11.3 Å². The van der Waals surface area contributed by atoms with Gasteiger partial charge in [0.2, 0.25) is 0 Å². The molecule has 1 N–H and O–H groups in total. The number of carbonyl (C=O) groups is 2. The van der Waals surface area contributed by atoms with E-state index in [-0.39, 0.29) is 5.91 Å². The third kappa shape index (κ3) is 4.13. The van der Waals surface area contributed by atoms with Crippen molar-refractivity contribution in [1.82, 2.24) is 9.88 Å². The van der Waals surface area contributed by atoms with Crippen molar-refractivity contribution < 1.29 is 19.1 Å². The molecular weight excluding hydrogens is 354 g/mol. The van der Waals surface area contributed by atoms with Crippen molar-refractivity contribution in [3.63, 3.8) is 0 Å². The van der Waals surface area contributed by atoms with Gasteiger partial charge in [-0.25, -0.2) is 9.78 Å². The van der Waals surface area contributed by atoms with E-state index in [0.29, 0.717) is 43.4 Å². The highest BCUT2D eigenvalue weighted by Gasteiger charge is 2.25. The summed E-state index contributed by atoms with van der Waals surface area (Å²) in [5, 5.41) is 3.13. The maximum atomic E-state index is 12.7. The van der Waals surface area contributed by atoms with Crippen molar-refractivity contribution in [3.05, 3.63) is 40.4 Å². The quantitative estimate of drug-likeness (QED) is 0.867. The number of hydrogen-bond donors (Lipinski definition) is 1. The minimum Gasteiger partial charge on any atom is -0.494 e. The lowest BCUT2D eigenvalue weighted by atomic mass is 10.1. The molecule has 0 saturated carbocycles. The summed E-state index contributed by atoms with van der Waals surface area (Å²) in [6, 6.07) is 7.17. The van der Waals surface area contributed by atoms with Crippen molar-refractivity contribution >= 4 is 28.5 Å². The van der Waals surface area contributed by atoms with Gasteiger partial charge in [0.25, 0.3) is 5.91 Å². The molecule has 2 amide bonds. The lowest BCUT2D eigenvalue weighted by molar-refractivity contribution is 0.0736. The molecule has 1 aliphatic heterocycles. The normalized spacial score (nSPS) is 13.1. The molecule has 0 spiro atoms. The average molecular weight is 375 g/mol. The highest BCUT2D eigenvalue weighted by molar-refractivity contribution is 7.15. The van der Waals surface area contributed by atoms with Crippen molar-refractivity contribution in [2.45, 2.75) is 26.8 Å². The van der Waals surface area contributed by atoms with E-state index >= 15 is 0 Å². The monoisotopic (exact) mass is 375 g/mol. The molecule has 2 heterocycles. The predicted octanol–water partition coefficient (Wildman–Crippen LogP) is 3.31. The number of nitrogens with zero attached hydrogens (tertiary/aromatic N) is 2. The number of hydrogen-bond acceptors (Lipinski definition) is 6. The summed E-state index contributed by atoms with van der Waals surface area (Å²) in [5.41, 5.74) is 1.56. The summed E-state index contributed by atoms with van der Waals surface area (Å²) in [5.74, 6) is 0.731. The molecule has 3 rings (SSSR count). The summed E-state index contributed by atoms with van der Waals surface area (Å²) in [4.78, 5) is 31.5. The maximum absolute atomic E-state index is 12.7.